The standard InChI is InChI=1S/C29H23N5O4S2/c1-16-8-7-13-33-17(2)22(30-26(16)33)24(36)21-23(19-11-6-12-20(35)14-19)34(27(38)25(21)37)28-31-32-29(40-28)39-15-18-9-4-3-5-10-18/h3-14,23,35-36H,15H2,1-2H3. The summed E-state index contributed by atoms with van der Waals surface area (Å²) in [7, 11) is 0. The molecule has 3 aromatic heterocycles. The quantitative estimate of drug-likeness (QED) is 0.0914. The maximum Gasteiger partial charge on any atom is 0.301 e. The number of phenolic OH excluding ortho intramolecular Hbond substituents is 1. The second-order valence-electron chi connectivity index (χ2n) is 9.32. The third-order valence-electron chi connectivity index (χ3n) is 6.75. The van der Waals surface area contributed by atoms with Crippen molar-refractivity contribution < 1.29 is 19.8 Å². The van der Waals surface area contributed by atoms with E-state index < -0.39 is 23.5 Å². The number of anilines is 1. The zero-order valence-corrected chi connectivity index (χ0v) is 23.1. The van der Waals surface area contributed by atoms with Crippen LogP contribution in [0.5, 0.6) is 5.75 Å². The highest BCUT2D eigenvalue weighted by atomic mass is 32.2. The molecule has 1 saturated heterocycles. The first-order valence-corrected chi connectivity index (χ1v) is 14.2. The highest BCUT2D eigenvalue weighted by Gasteiger charge is 2.49. The number of Topliss-reactive ketones (excluding diaryl/α,β-unsaturated/α-hetero) is 1. The normalized spacial score (nSPS) is 16.8. The number of carbonyl (C=O) groups is 2. The molecule has 0 radical (unpaired) electrons. The molecule has 0 saturated carbocycles. The number of pyridine rings is 1. The number of rotatable bonds is 6. The Kier molecular flexibility index (Phi) is 6.60. The number of aliphatic hydroxyl groups excluding tert-OH is 1. The molecule has 11 heteroatoms. The lowest BCUT2D eigenvalue weighted by Gasteiger charge is -2.22. The van der Waals surface area contributed by atoms with Crippen molar-refractivity contribution in [2.75, 3.05) is 4.90 Å². The van der Waals surface area contributed by atoms with E-state index in [0.29, 0.717) is 27.0 Å². The summed E-state index contributed by atoms with van der Waals surface area (Å²) < 4.78 is 2.45. The molecule has 9 nitrogen and oxygen atoms in total. The van der Waals surface area contributed by atoms with Gasteiger partial charge in [0.25, 0.3) is 5.78 Å². The molecule has 6 rings (SSSR count). The first kappa shape index (κ1) is 25.8. The van der Waals surface area contributed by atoms with Crippen LogP contribution in [0.3, 0.4) is 0 Å². The molecule has 5 aromatic rings. The third kappa shape index (κ3) is 4.42. The van der Waals surface area contributed by atoms with Crippen LogP contribution in [0, 0.1) is 13.8 Å². The number of aromatic hydroxyl groups is 1. The van der Waals surface area contributed by atoms with E-state index in [1.165, 1.54) is 40.1 Å². The number of aryl methyl sites for hydroxylation is 2. The molecule has 2 N–H and O–H groups in total. The Labute approximate surface area is 237 Å². The molecule has 0 bridgehead atoms. The van der Waals surface area contributed by atoms with E-state index in [1.54, 1.807) is 19.1 Å². The Morgan fingerprint density at radius 1 is 1.02 bits per heavy atom. The molecule has 1 fully saturated rings. The van der Waals surface area contributed by atoms with Crippen molar-refractivity contribution >= 4 is 51.3 Å². The van der Waals surface area contributed by atoms with Crippen LogP contribution in [-0.4, -0.2) is 41.5 Å². The Hall–Kier alpha value is -4.48. The SMILES string of the molecule is Cc1cccn2c(C)c(C(O)=C3C(=O)C(=O)N(c4nnc(SCc5ccccc5)s4)C3c3cccc(O)c3)nc12. The number of benzene rings is 2. The highest BCUT2D eigenvalue weighted by Crippen LogP contribution is 2.44. The monoisotopic (exact) mass is 569 g/mol. The summed E-state index contributed by atoms with van der Waals surface area (Å²) in [5, 5.41) is 30.5. The van der Waals surface area contributed by atoms with Gasteiger partial charge in [-0.15, -0.1) is 10.2 Å². The number of nitrogens with zero attached hydrogens (tertiary/aromatic N) is 5. The molecule has 200 valence electrons. The molecule has 0 spiro atoms. The zero-order chi connectivity index (χ0) is 28.0. The molecular formula is C29H23N5O4S2. The van der Waals surface area contributed by atoms with Crippen LogP contribution in [0.25, 0.3) is 11.4 Å². The summed E-state index contributed by atoms with van der Waals surface area (Å²) in [4.78, 5) is 32.9. The topological polar surface area (TPSA) is 121 Å². The van der Waals surface area contributed by atoms with Crippen LogP contribution in [-0.2, 0) is 15.3 Å². The maximum absolute atomic E-state index is 13.5. The summed E-state index contributed by atoms with van der Waals surface area (Å²) >= 11 is 2.66. The number of thioether (sulfide) groups is 1. The molecule has 1 atom stereocenters. The summed E-state index contributed by atoms with van der Waals surface area (Å²) in [6, 6.07) is 18.9. The van der Waals surface area contributed by atoms with Crippen LogP contribution >= 0.6 is 23.1 Å². The lowest BCUT2D eigenvalue weighted by atomic mass is 9.96. The van der Waals surface area contributed by atoms with Gasteiger partial charge in [0.15, 0.2) is 10.1 Å². The number of fused-ring (bicyclic) bond motifs is 1. The molecule has 2 aromatic carbocycles. The first-order chi connectivity index (χ1) is 19.3. The van der Waals surface area contributed by atoms with Gasteiger partial charge in [0.05, 0.1) is 17.3 Å². The van der Waals surface area contributed by atoms with Gasteiger partial charge < -0.3 is 14.6 Å². The molecule has 4 heterocycles. The van der Waals surface area contributed by atoms with Gasteiger partial charge in [0.1, 0.15) is 17.1 Å². The summed E-state index contributed by atoms with van der Waals surface area (Å²) in [5.74, 6) is -1.48. The van der Waals surface area contributed by atoms with Crippen molar-refractivity contribution in [1.29, 1.82) is 0 Å². The molecule has 1 aliphatic rings. The van der Waals surface area contributed by atoms with Crippen molar-refractivity contribution in [2.24, 2.45) is 0 Å². The number of carbonyl (C=O) groups excluding carboxylic acids is 2. The number of hydrogen-bond acceptors (Lipinski definition) is 9. The predicted molar refractivity (Wildman–Crippen MR) is 153 cm³/mol. The largest absolute Gasteiger partial charge is 0.508 e. The smallest absolute Gasteiger partial charge is 0.301 e. The summed E-state index contributed by atoms with van der Waals surface area (Å²) in [6.45, 7) is 3.69. The van der Waals surface area contributed by atoms with Crippen molar-refractivity contribution in [3.63, 3.8) is 0 Å². The Bertz CT molecular complexity index is 1810. The fourth-order valence-electron chi connectivity index (χ4n) is 4.79. The minimum absolute atomic E-state index is 0.0426. The van der Waals surface area contributed by atoms with Gasteiger partial charge in [0, 0.05) is 11.9 Å². The van der Waals surface area contributed by atoms with Gasteiger partial charge in [-0.1, -0.05) is 71.6 Å². The van der Waals surface area contributed by atoms with E-state index in [2.05, 4.69) is 15.2 Å². The lowest BCUT2D eigenvalue weighted by Crippen LogP contribution is -2.29. The number of imidazole rings is 1. The van der Waals surface area contributed by atoms with Crippen LogP contribution in [0.4, 0.5) is 5.13 Å². The number of amides is 1. The van der Waals surface area contributed by atoms with Gasteiger partial charge in [-0.2, -0.15) is 0 Å². The Morgan fingerprint density at radius 3 is 2.58 bits per heavy atom. The minimum atomic E-state index is -1.04. The van der Waals surface area contributed by atoms with Crippen LogP contribution in [0.2, 0.25) is 0 Å². The van der Waals surface area contributed by atoms with Gasteiger partial charge in [-0.3, -0.25) is 14.5 Å². The van der Waals surface area contributed by atoms with Crippen molar-refractivity contribution in [3.05, 3.63) is 107 Å². The fraction of sp³-hybridized carbons (Fsp3) is 0.138. The summed E-state index contributed by atoms with van der Waals surface area (Å²) in [5.41, 5.74) is 3.77. The molecule has 0 aliphatic carbocycles. The predicted octanol–water partition coefficient (Wildman–Crippen LogP) is 5.43. The molecular weight excluding hydrogens is 546 g/mol. The number of ketones is 1. The van der Waals surface area contributed by atoms with Gasteiger partial charge in [0.2, 0.25) is 5.13 Å². The Morgan fingerprint density at radius 2 is 1.82 bits per heavy atom. The number of hydrogen-bond donors (Lipinski definition) is 2. The maximum atomic E-state index is 13.5. The Balaban J connectivity index is 1.45. The second-order valence-corrected chi connectivity index (χ2v) is 11.5. The van der Waals surface area contributed by atoms with E-state index in [4.69, 9.17) is 0 Å². The van der Waals surface area contributed by atoms with Crippen LogP contribution < -0.4 is 4.90 Å². The van der Waals surface area contributed by atoms with Crippen molar-refractivity contribution in [2.45, 2.75) is 30.0 Å². The molecule has 40 heavy (non-hydrogen) atoms. The molecule has 1 unspecified atom stereocenters. The van der Waals surface area contributed by atoms with Crippen molar-refractivity contribution in [3.8, 4) is 5.75 Å². The average molecular weight is 570 g/mol. The van der Waals surface area contributed by atoms with Crippen molar-refractivity contribution in [1.82, 2.24) is 19.6 Å². The van der Waals surface area contributed by atoms with Gasteiger partial charge >= 0.3 is 5.91 Å². The van der Waals surface area contributed by atoms with Gasteiger partial charge in [-0.25, -0.2) is 4.98 Å². The van der Waals surface area contributed by atoms with E-state index in [0.717, 1.165) is 11.1 Å². The average Bonchev–Trinajstić information content (AvgIpc) is 3.63. The second kappa shape index (κ2) is 10.2. The summed E-state index contributed by atoms with van der Waals surface area (Å²) in [6.07, 6.45) is 1.82. The van der Waals surface area contributed by atoms with Gasteiger partial charge in [-0.05, 0) is 48.7 Å². The zero-order valence-electron chi connectivity index (χ0n) is 21.5. The van der Waals surface area contributed by atoms with E-state index in [1.807, 2.05) is 60.0 Å². The number of aromatic nitrogens is 4. The van der Waals surface area contributed by atoms with Crippen LogP contribution in [0.1, 0.15) is 34.1 Å². The minimum Gasteiger partial charge on any atom is -0.508 e. The first-order valence-electron chi connectivity index (χ1n) is 12.4. The molecule has 1 aliphatic heterocycles. The van der Waals surface area contributed by atoms with Crippen LogP contribution in [0.15, 0.2) is 82.8 Å². The van der Waals surface area contributed by atoms with E-state index in [-0.39, 0.29) is 22.1 Å². The van der Waals surface area contributed by atoms with E-state index >= 15 is 0 Å². The third-order valence-corrected chi connectivity index (χ3v) is 8.87. The number of aliphatic hydroxyl groups is 1. The molecule has 1 amide bonds. The van der Waals surface area contributed by atoms with E-state index in [9.17, 15) is 19.8 Å². The lowest BCUT2D eigenvalue weighted by molar-refractivity contribution is -0.132. The number of phenols is 1. The highest BCUT2D eigenvalue weighted by molar-refractivity contribution is 8.00. The fourth-order valence-corrected chi connectivity index (χ4v) is 6.62.